The smallest absolute Gasteiger partial charge is 0.222 e. The van der Waals surface area contributed by atoms with Crippen LogP contribution in [0.15, 0.2) is 54.6 Å². The molecule has 2 aromatic rings. The average Bonchev–Trinajstić information content (AvgIpc) is 3.34. The largest absolute Gasteiger partial charge is 0.496 e. The van der Waals surface area contributed by atoms with Crippen molar-refractivity contribution in [3.63, 3.8) is 0 Å². The molecule has 29 heavy (non-hydrogen) atoms. The molecule has 2 aliphatic heterocycles. The van der Waals surface area contributed by atoms with E-state index in [9.17, 15) is 4.79 Å². The molecule has 4 rings (SSSR count). The molecule has 4 nitrogen and oxygen atoms in total. The van der Waals surface area contributed by atoms with Gasteiger partial charge in [0, 0.05) is 25.0 Å². The summed E-state index contributed by atoms with van der Waals surface area (Å²) in [5.41, 5.74) is 2.62. The van der Waals surface area contributed by atoms with Crippen LogP contribution < -0.4 is 4.74 Å². The number of benzene rings is 2. The Kier molecular flexibility index (Phi) is 6.19. The van der Waals surface area contributed by atoms with Crippen LogP contribution >= 0.6 is 0 Å². The summed E-state index contributed by atoms with van der Waals surface area (Å²) in [4.78, 5) is 17.7. The number of rotatable bonds is 6. The molecule has 2 aromatic carbocycles. The molecule has 2 aliphatic rings. The van der Waals surface area contributed by atoms with E-state index in [2.05, 4.69) is 46.2 Å². The average molecular weight is 393 g/mol. The fraction of sp³-hybridized carbons (Fsp3) is 0.480. The summed E-state index contributed by atoms with van der Waals surface area (Å²) in [7, 11) is 1.69. The SMILES string of the molecule is COc1ccccc1CCC(=O)N1CCC(c2ccccc2)(N2CCCC2)CC1. The van der Waals surface area contributed by atoms with Gasteiger partial charge >= 0.3 is 0 Å². The highest BCUT2D eigenvalue weighted by Crippen LogP contribution is 2.41. The maximum absolute atomic E-state index is 12.9. The van der Waals surface area contributed by atoms with Crippen LogP contribution in [0.1, 0.15) is 43.2 Å². The number of amides is 1. The minimum Gasteiger partial charge on any atom is -0.496 e. The molecule has 0 bridgehead atoms. The number of methoxy groups -OCH3 is 1. The van der Waals surface area contributed by atoms with Gasteiger partial charge in [0.1, 0.15) is 5.75 Å². The summed E-state index contributed by atoms with van der Waals surface area (Å²) in [6.45, 7) is 4.04. The summed E-state index contributed by atoms with van der Waals surface area (Å²) in [5.74, 6) is 1.13. The van der Waals surface area contributed by atoms with Gasteiger partial charge in [-0.05, 0) is 62.4 Å². The Morgan fingerprint density at radius 1 is 0.931 bits per heavy atom. The first-order valence-corrected chi connectivity index (χ1v) is 10.9. The monoisotopic (exact) mass is 392 g/mol. The number of nitrogens with zero attached hydrogens (tertiary/aromatic N) is 2. The van der Waals surface area contributed by atoms with Crippen molar-refractivity contribution in [1.29, 1.82) is 0 Å². The number of likely N-dealkylation sites (tertiary alicyclic amines) is 2. The molecule has 154 valence electrons. The van der Waals surface area contributed by atoms with Crippen molar-refractivity contribution in [1.82, 2.24) is 9.80 Å². The van der Waals surface area contributed by atoms with Gasteiger partial charge in [0.25, 0.3) is 0 Å². The molecule has 0 radical (unpaired) electrons. The zero-order valence-corrected chi connectivity index (χ0v) is 17.5. The Morgan fingerprint density at radius 3 is 2.28 bits per heavy atom. The predicted octanol–water partition coefficient (Wildman–Crippen LogP) is 4.24. The summed E-state index contributed by atoms with van der Waals surface area (Å²) < 4.78 is 5.43. The first-order valence-electron chi connectivity index (χ1n) is 10.9. The minimum atomic E-state index is 0.0944. The normalized spacial score (nSPS) is 19.3. The second kappa shape index (κ2) is 9.00. The fourth-order valence-electron chi connectivity index (χ4n) is 5.12. The van der Waals surface area contributed by atoms with Crippen molar-refractivity contribution < 1.29 is 9.53 Å². The molecule has 0 spiro atoms. The fourth-order valence-corrected chi connectivity index (χ4v) is 5.12. The second-order valence-electron chi connectivity index (χ2n) is 8.28. The molecule has 2 saturated heterocycles. The third-order valence-corrected chi connectivity index (χ3v) is 6.77. The van der Waals surface area contributed by atoms with E-state index in [4.69, 9.17) is 4.74 Å². The van der Waals surface area contributed by atoms with E-state index in [1.165, 1.54) is 31.5 Å². The lowest BCUT2D eigenvalue weighted by atomic mass is 9.79. The van der Waals surface area contributed by atoms with E-state index in [1.807, 2.05) is 18.2 Å². The van der Waals surface area contributed by atoms with E-state index in [0.717, 1.165) is 43.7 Å². The molecule has 0 aromatic heterocycles. The number of carbonyl (C=O) groups excluding carboxylic acids is 1. The van der Waals surface area contributed by atoms with Crippen LogP contribution in [0, 0.1) is 0 Å². The lowest BCUT2D eigenvalue weighted by Crippen LogP contribution is -2.53. The van der Waals surface area contributed by atoms with E-state index in [-0.39, 0.29) is 11.4 Å². The first-order chi connectivity index (χ1) is 14.2. The van der Waals surface area contributed by atoms with Crippen LogP contribution in [0.25, 0.3) is 0 Å². The highest BCUT2D eigenvalue weighted by atomic mass is 16.5. The van der Waals surface area contributed by atoms with Gasteiger partial charge in [0.15, 0.2) is 0 Å². The van der Waals surface area contributed by atoms with Crippen molar-refractivity contribution >= 4 is 5.91 Å². The van der Waals surface area contributed by atoms with E-state index in [0.29, 0.717) is 6.42 Å². The molecular formula is C25H32N2O2. The van der Waals surface area contributed by atoms with Gasteiger partial charge in [0.05, 0.1) is 7.11 Å². The highest BCUT2D eigenvalue weighted by molar-refractivity contribution is 5.76. The van der Waals surface area contributed by atoms with Crippen LogP contribution in [0.4, 0.5) is 0 Å². The Bertz CT molecular complexity index is 807. The molecule has 0 saturated carbocycles. The van der Waals surface area contributed by atoms with Gasteiger partial charge in [0.2, 0.25) is 5.91 Å². The standard InChI is InChI=1S/C25H32N2O2/c1-29-23-12-6-5-9-21(23)13-14-24(28)26-19-15-25(16-20-26,27-17-7-8-18-27)22-10-3-2-4-11-22/h2-6,9-12H,7-8,13-20H2,1H3. The zero-order chi connectivity index (χ0) is 20.1. The van der Waals surface area contributed by atoms with Gasteiger partial charge in [-0.2, -0.15) is 0 Å². The van der Waals surface area contributed by atoms with Gasteiger partial charge in [-0.15, -0.1) is 0 Å². The maximum Gasteiger partial charge on any atom is 0.222 e. The number of aryl methyl sites for hydroxylation is 1. The number of para-hydroxylation sites is 1. The number of ether oxygens (including phenoxy) is 1. The topological polar surface area (TPSA) is 32.8 Å². The zero-order valence-electron chi connectivity index (χ0n) is 17.5. The summed E-state index contributed by atoms with van der Waals surface area (Å²) in [6.07, 6.45) is 5.90. The molecule has 1 amide bonds. The number of piperidine rings is 1. The summed E-state index contributed by atoms with van der Waals surface area (Å²) >= 11 is 0. The summed E-state index contributed by atoms with van der Waals surface area (Å²) in [6, 6.07) is 18.9. The third kappa shape index (κ3) is 4.18. The summed E-state index contributed by atoms with van der Waals surface area (Å²) in [5, 5.41) is 0. The Labute approximate surface area is 174 Å². The van der Waals surface area contributed by atoms with Crippen molar-refractivity contribution in [3.05, 3.63) is 65.7 Å². The molecule has 2 heterocycles. The van der Waals surface area contributed by atoms with E-state index in [1.54, 1.807) is 7.11 Å². The third-order valence-electron chi connectivity index (χ3n) is 6.77. The van der Waals surface area contributed by atoms with Crippen molar-refractivity contribution in [2.24, 2.45) is 0 Å². The van der Waals surface area contributed by atoms with Crippen LogP contribution in [0.3, 0.4) is 0 Å². The molecular weight excluding hydrogens is 360 g/mol. The van der Waals surface area contributed by atoms with E-state index >= 15 is 0 Å². The van der Waals surface area contributed by atoms with Gasteiger partial charge in [-0.25, -0.2) is 0 Å². The lowest BCUT2D eigenvalue weighted by molar-refractivity contribution is -0.134. The Balaban J connectivity index is 1.41. The van der Waals surface area contributed by atoms with Crippen molar-refractivity contribution in [2.45, 2.75) is 44.1 Å². The molecule has 0 unspecified atom stereocenters. The molecule has 0 aliphatic carbocycles. The van der Waals surface area contributed by atoms with Crippen LogP contribution in [-0.2, 0) is 16.8 Å². The highest BCUT2D eigenvalue weighted by Gasteiger charge is 2.42. The maximum atomic E-state index is 12.9. The number of hydrogen-bond acceptors (Lipinski definition) is 3. The van der Waals surface area contributed by atoms with Gasteiger partial charge in [-0.1, -0.05) is 48.5 Å². The van der Waals surface area contributed by atoms with Crippen molar-refractivity contribution in [2.75, 3.05) is 33.3 Å². The molecule has 4 heteroatoms. The van der Waals surface area contributed by atoms with Crippen LogP contribution in [-0.4, -0.2) is 49.0 Å². The van der Waals surface area contributed by atoms with Crippen molar-refractivity contribution in [3.8, 4) is 5.75 Å². The number of hydrogen-bond donors (Lipinski definition) is 0. The molecule has 2 fully saturated rings. The predicted molar refractivity (Wildman–Crippen MR) is 116 cm³/mol. The molecule has 0 N–H and O–H groups in total. The lowest BCUT2D eigenvalue weighted by Gasteiger charge is -2.48. The first kappa shape index (κ1) is 20.0. The van der Waals surface area contributed by atoms with Gasteiger partial charge < -0.3 is 9.64 Å². The van der Waals surface area contributed by atoms with Crippen LogP contribution in [0.5, 0.6) is 5.75 Å². The second-order valence-corrected chi connectivity index (χ2v) is 8.28. The Hall–Kier alpha value is -2.33. The Morgan fingerprint density at radius 2 is 1.59 bits per heavy atom. The molecule has 0 atom stereocenters. The minimum absolute atomic E-state index is 0.0944. The quantitative estimate of drug-likeness (QED) is 0.737. The van der Waals surface area contributed by atoms with Crippen LogP contribution in [0.2, 0.25) is 0 Å². The van der Waals surface area contributed by atoms with Gasteiger partial charge in [-0.3, -0.25) is 9.69 Å². The number of carbonyl (C=O) groups is 1. The van der Waals surface area contributed by atoms with E-state index < -0.39 is 0 Å².